The third kappa shape index (κ3) is 5.88. The number of benzene rings is 8. The highest BCUT2D eigenvalue weighted by Crippen LogP contribution is 2.40. The maximum absolute atomic E-state index is 12.7. The number of fused-ring (bicyclic) bond motifs is 3. The van der Waals surface area contributed by atoms with Gasteiger partial charge in [0.25, 0.3) is 0 Å². The third-order valence-electron chi connectivity index (χ3n) is 10.2. The van der Waals surface area contributed by atoms with Crippen molar-refractivity contribution in [3.8, 4) is 67.1 Å². The van der Waals surface area contributed by atoms with Crippen LogP contribution < -0.4 is 4.74 Å². The SMILES string of the molecule is COc1cc(-c2ccc3c(c2)c2ccccc2n3-c2ccccc2)ccc1-c1ccc(-c2cc(-c3ccccc3)cc(-c3ccccc3)c2)cc1C=O. The van der Waals surface area contributed by atoms with Gasteiger partial charge in [0.15, 0.2) is 6.29 Å². The highest BCUT2D eigenvalue weighted by atomic mass is 16.5. The molecule has 0 bridgehead atoms. The van der Waals surface area contributed by atoms with Gasteiger partial charge in [0.1, 0.15) is 5.75 Å². The maximum atomic E-state index is 12.7. The van der Waals surface area contributed by atoms with Gasteiger partial charge in [-0.2, -0.15) is 0 Å². The fourth-order valence-electron chi connectivity index (χ4n) is 7.57. The Balaban J connectivity index is 1.11. The number of para-hydroxylation sites is 2. The lowest BCUT2D eigenvalue weighted by atomic mass is 9.90. The number of aromatic nitrogens is 1. The number of carbonyl (C=O) groups excluding carboxylic acids is 1. The zero-order valence-electron chi connectivity index (χ0n) is 29.2. The van der Waals surface area contributed by atoms with E-state index in [0.717, 1.165) is 73.1 Å². The van der Waals surface area contributed by atoms with Crippen molar-refractivity contribution < 1.29 is 9.53 Å². The number of rotatable bonds is 8. The number of aldehydes is 1. The lowest BCUT2D eigenvalue weighted by Crippen LogP contribution is -1.94. The highest BCUT2D eigenvalue weighted by molar-refractivity contribution is 6.10. The molecule has 53 heavy (non-hydrogen) atoms. The van der Waals surface area contributed by atoms with Crippen molar-refractivity contribution in [2.45, 2.75) is 0 Å². The molecule has 0 amide bonds. The van der Waals surface area contributed by atoms with Crippen LogP contribution in [0.1, 0.15) is 10.4 Å². The Morgan fingerprint density at radius 2 is 0.925 bits per heavy atom. The molecule has 0 aliphatic heterocycles. The van der Waals surface area contributed by atoms with Crippen molar-refractivity contribution in [3.63, 3.8) is 0 Å². The summed E-state index contributed by atoms with van der Waals surface area (Å²) in [6, 6.07) is 65.6. The number of carbonyl (C=O) groups is 1. The second kappa shape index (κ2) is 13.6. The second-order valence-electron chi connectivity index (χ2n) is 13.3. The number of hydrogen-bond donors (Lipinski definition) is 0. The molecule has 0 radical (unpaired) electrons. The van der Waals surface area contributed by atoms with Crippen LogP contribution in [-0.2, 0) is 0 Å². The molecule has 0 unspecified atom stereocenters. The molecule has 0 saturated carbocycles. The summed E-state index contributed by atoms with van der Waals surface area (Å²) >= 11 is 0. The van der Waals surface area contributed by atoms with Gasteiger partial charge in [-0.05, 0) is 111 Å². The normalized spacial score (nSPS) is 11.2. The molecule has 0 spiro atoms. The molecule has 1 heterocycles. The van der Waals surface area contributed by atoms with Gasteiger partial charge in [0.05, 0.1) is 18.1 Å². The van der Waals surface area contributed by atoms with E-state index in [1.807, 2.05) is 30.3 Å². The molecule has 1 aromatic heterocycles. The number of ether oxygens (including phenoxy) is 1. The van der Waals surface area contributed by atoms with E-state index in [1.54, 1.807) is 7.11 Å². The van der Waals surface area contributed by atoms with Crippen molar-refractivity contribution in [1.29, 1.82) is 0 Å². The predicted octanol–water partition coefficient (Wildman–Crippen LogP) is 12.9. The lowest BCUT2D eigenvalue weighted by Gasteiger charge is -2.15. The molecule has 0 N–H and O–H groups in total. The first-order valence-electron chi connectivity index (χ1n) is 17.8. The number of hydrogen-bond acceptors (Lipinski definition) is 2. The first-order chi connectivity index (χ1) is 26.2. The van der Waals surface area contributed by atoms with Crippen LogP contribution >= 0.6 is 0 Å². The smallest absolute Gasteiger partial charge is 0.150 e. The molecule has 9 rings (SSSR count). The van der Waals surface area contributed by atoms with E-state index in [2.05, 4.69) is 162 Å². The van der Waals surface area contributed by atoms with Gasteiger partial charge in [-0.25, -0.2) is 0 Å². The molecule has 252 valence electrons. The molecule has 0 saturated heterocycles. The number of methoxy groups -OCH3 is 1. The lowest BCUT2D eigenvalue weighted by molar-refractivity contribution is 0.112. The third-order valence-corrected chi connectivity index (χ3v) is 10.2. The molecular formula is C50H35NO2. The topological polar surface area (TPSA) is 31.2 Å². The van der Waals surface area contributed by atoms with Crippen LogP contribution in [0.3, 0.4) is 0 Å². The van der Waals surface area contributed by atoms with E-state index in [-0.39, 0.29) is 0 Å². The van der Waals surface area contributed by atoms with Gasteiger partial charge in [-0.1, -0.05) is 127 Å². The molecule has 3 heteroatoms. The minimum Gasteiger partial charge on any atom is -0.496 e. The van der Waals surface area contributed by atoms with Gasteiger partial charge in [-0.15, -0.1) is 0 Å². The van der Waals surface area contributed by atoms with E-state index >= 15 is 0 Å². The summed E-state index contributed by atoms with van der Waals surface area (Å²) in [7, 11) is 1.69. The maximum Gasteiger partial charge on any atom is 0.150 e. The monoisotopic (exact) mass is 681 g/mol. The minimum absolute atomic E-state index is 0.607. The molecule has 0 atom stereocenters. The summed E-state index contributed by atoms with van der Waals surface area (Å²) in [6.45, 7) is 0. The van der Waals surface area contributed by atoms with E-state index in [4.69, 9.17) is 4.74 Å². The van der Waals surface area contributed by atoms with Gasteiger partial charge < -0.3 is 9.30 Å². The minimum atomic E-state index is 0.607. The van der Waals surface area contributed by atoms with Gasteiger partial charge in [-0.3, -0.25) is 4.79 Å². The van der Waals surface area contributed by atoms with E-state index in [9.17, 15) is 4.79 Å². The molecular weight excluding hydrogens is 647 g/mol. The van der Waals surface area contributed by atoms with Crippen LogP contribution in [0.2, 0.25) is 0 Å². The van der Waals surface area contributed by atoms with Crippen molar-refractivity contribution in [3.05, 3.63) is 194 Å². The van der Waals surface area contributed by atoms with Crippen molar-refractivity contribution >= 4 is 28.1 Å². The standard InChI is InChI=1S/C50H35NO2/c1-53-50-32-38(37-23-26-49-47(31-37)45-19-11-12-20-48(45)51(49)43-17-9-4-10-18-43)22-25-46(50)44-24-21-36(27-42(44)33-52)41-29-39(34-13-5-2-6-14-34)28-40(30-41)35-15-7-3-8-16-35/h2-33H,1H3. The summed E-state index contributed by atoms with van der Waals surface area (Å²) in [4.78, 5) is 12.7. The van der Waals surface area contributed by atoms with Crippen LogP contribution in [0.4, 0.5) is 0 Å². The Kier molecular flexibility index (Phi) is 8.22. The Bertz CT molecular complexity index is 2710. The second-order valence-corrected chi connectivity index (χ2v) is 13.3. The van der Waals surface area contributed by atoms with Gasteiger partial charge in [0.2, 0.25) is 0 Å². The molecule has 8 aromatic carbocycles. The first-order valence-corrected chi connectivity index (χ1v) is 17.8. The van der Waals surface area contributed by atoms with Crippen molar-refractivity contribution in [2.24, 2.45) is 0 Å². The fraction of sp³-hybridized carbons (Fsp3) is 0.0200. The van der Waals surface area contributed by atoms with Crippen LogP contribution in [0.25, 0.3) is 83.1 Å². The number of nitrogens with zero attached hydrogens (tertiary/aromatic N) is 1. The summed E-state index contributed by atoms with van der Waals surface area (Å²) < 4.78 is 8.33. The molecule has 3 nitrogen and oxygen atoms in total. The largest absolute Gasteiger partial charge is 0.496 e. The Morgan fingerprint density at radius 1 is 0.415 bits per heavy atom. The zero-order chi connectivity index (χ0) is 35.7. The summed E-state index contributed by atoms with van der Waals surface area (Å²) in [6.07, 6.45) is 0.946. The Labute approximate surface area is 309 Å². The zero-order valence-corrected chi connectivity index (χ0v) is 29.2. The van der Waals surface area contributed by atoms with Gasteiger partial charge in [0, 0.05) is 27.6 Å². The fourth-order valence-corrected chi connectivity index (χ4v) is 7.57. The Morgan fingerprint density at radius 3 is 1.57 bits per heavy atom. The predicted molar refractivity (Wildman–Crippen MR) is 220 cm³/mol. The Hall–Kier alpha value is -6.97. The molecule has 0 aliphatic carbocycles. The van der Waals surface area contributed by atoms with Crippen LogP contribution in [0.5, 0.6) is 5.75 Å². The summed E-state index contributed by atoms with van der Waals surface area (Å²) in [5.41, 5.74) is 14.5. The summed E-state index contributed by atoms with van der Waals surface area (Å²) in [5, 5.41) is 2.40. The van der Waals surface area contributed by atoms with Crippen LogP contribution in [0.15, 0.2) is 188 Å². The van der Waals surface area contributed by atoms with E-state index in [1.165, 1.54) is 16.3 Å². The molecule has 0 fully saturated rings. The average Bonchev–Trinajstić information content (AvgIpc) is 3.57. The van der Waals surface area contributed by atoms with E-state index in [0.29, 0.717) is 11.3 Å². The molecule has 9 aromatic rings. The van der Waals surface area contributed by atoms with Crippen molar-refractivity contribution in [1.82, 2.24) is 4.57 Å². The van der Waals surface area contributed by atoms with Crippen molar-refractivity contribution in [2.75, 3.05) is 7.11 Å². The van der Waals surface area contributed by atoms with E-state index < -0.39 is 0 Å². The van der Waals surface area contributed by atoms with Gasteiger partial charge >= 0.3 is 0 Å². The van der Waals surface area contributed by atoms with Crippen LogP contribution in [0, 0.1) is 0 Å². The first kappa shape index (κ1) is 32.0. The molecule has 0 aliphatic rings. The quantitative estimate of drug-likeness (QED) is 0.150. The summed E-state index contributed by atoms with van der Waals surface area (Å²) in [5.74, 6) is 0.711. The average molecular weight is 682 g/mol. The highest BCUT2D eigenvalue weighted by Gasteiger charge is 2.17. The van der Waals surface area contributed by atoms with Crippen LogP contribution in [-0.4, -0.2) is 18.0 Å².